The van der Waals surface area contributed by atoms with E-state index in [-0.39, 0.29) is 6.23 Å². The first-order valence-electron chi connectivity index (χ1n) is 6.03. The Balaban J connectivity index is 2.20. The summed E-state index contributed by atoms with van der Waals surface area (Å²) in [4.78, 5) is 10.9. The Labute approximate surface area is 121 Å². The number of benzene rings is 1. The lowest BCUT2D eigenvalue weighted by Gasteiger charge is -2.25. The fraction of sp³-hybridized carbons (Fsp3) is 0.357. The van der Waals surface area contributed by atoms with Gasteiger partial charge in [0.05, 0.1) is 0 Å². The minimum atomic E-state index is 0.0389. The van der Waals surface area contributed by atoms with Gasteiger partial charge in [0.15, 0.2) is 0 Å². The Morgan fingerprint density at radius 3 is 3.00 bits per heavy atom. The summed E-state index contributed by atoms with van der Waals surface area (Å²) < 4.78 is 6.73. The molecule has 1 aliphatic heterocycles. The fourth-order valence-corrected chi connectivity index (χ4v) is 2.49. The summed E-state index contributed by atoms with van der Waals surface area (Å²) >= 11 is 2.23. The molecule has 1 atom stereocenters. The molecule has 3 nitrogen and oxygen atoms in total. The van der Waals surface area contributed by atoms with Gasteiger partial charge in [0.1, 0.15) is 12.5 Å². The number of halogens is 1. The third-order valence-corrected chi connectivity index (χ3v) is 3.64. The Kier molecular flexibility index (Phi) is 4.77. The number of aldehydes is 1. The van der Waals surface area contributed by atoms with Crippen molar-refractivity contribution in [2.24, 2.45) is 0 Å². The van der Waals surface area contributed by atoms with Crippen molar-refractivity contribution in [3.63, 3.8) is 0 Å². The molecule has 96 valence electrons. The van der Waals surface area contributed by atoms with Gasteiger partial charge in [-0.2, -0.15) is 0 Å². The fourth-order valence-electron chi connectivity index (χ4n) is 2.00. The minimum absolute atomic E-state index is 0.0389. The van der Waals surface area contributed by atoms with Crippen LogP contribution >= 0.6 is 22.6 Å². The van der Waals surface area contributed by atoms with Gasteiger partial charge >= 0.3 is 0 Å². The first kappa shape index (κ1) is 13.5. The maximum absolute atomic E-state index is 10.9. The molecule has 1 aromatic rings. The molecule has 0 spiro atoms. The van der Waals surface area contributed by atoms with Crippen LogP contribution in [0.1, 0.15) is 24.8 Å². The van der Waals surface area contributed by atoms with E-state index < -0.39 is 0 Å². The summed E-state index contributed by atoms with van der Waals surface area (Å²) in [5.74, 6) is 0. The van der Waals surface area contributed by atoms with Crippen LogP contribution in [-0.2, 0) is 9.53 Å². The number of carbonyl (C=O) groups is 1. The van der Waals surface area contributed by atoms with Gasteiger partial charge in [0, 0.05) is 27.0 Å². The van der Waals surface area contributed by atoms with Crippen LogP contribution in [-0.4, -0.2) is 19.1 Å². The molecule has 1 saturated heterocycles. The van der Waals surface area contributed by atoms with Crippen LogP contribution in [0.2, 0.25) is 0 Å². The molecule has 1 fully saturated rings. The number of rotatable bonds is 4. The molecule has 4 heteroatoms. The highest BCUT2D eigenvalue weighted by Gasteiger charge is 2.15. The van der Waals surface area contributed by atoms with Crippen LogP contribution in [0.25, 0.3) is 5.57 Å². The number of ether oxygens (including phenoxy) is 1. The predicted octanol–water partition coefficient (Wildman–Crippen LogP) is 3.44. The summed E-state index contributed by atoms with van der Waals surface area (Å²) in [5, 5.41) is 3.35. The molecule has 0 aliphatic carbocycles. The highest BCUT2D eigenvalue weighted by atomic mass is 127. The SMILES string of the molecule is C=C(C=O)c1cc(I)ccc1NC1CCCCO1. The average Bonchev–Trinajstić information content (AvgIpc) is 2.41. The Bertz CT molecular complexity index is 453. The maximum Gasteiger partial charge on any atom is 0.150 e. The second kappa shape index (κ2) is 6.33. The van der Waals surface area contributed by atoms with Crippen LogP contribution in [0.4, 0.5) is 5.69 Å². The first-order valence-corrected chi connectivity index (χ1v) is 7.10. The molecule has 2 rings (SSSR count). The van der Waals surface area contributed by atoms with Gasteiger partial charge in [-0.05, 0) is 60.1 Å². The molecule has 1 N–H and O–H groups in total. The summed E-state index contributed by atoms with van der Waals surface area (Å²) in [6.07, 6.45) is 4.12. The maximum atomic E-state index is 10.9. The Morgan fingerprint density at radius 1 is 1.50 bits per heavy atom. The van der Waals surface area contributed by atoms with Gasteiger partial charge in [-0.3, -0.25) is 4.79 Å². The monoisotopic (exact) mass is 357 g/mol. The zero-order chi connectivity index (χ0) is 13.0. The highest BCUT2D eigenvalue weighted by Crippen LogP contribution is 2.26. The minimum Gasteiger partial charge on any atom is -0.360 e. The Hall–Kier alpha value is -0.880. The van der Waals surface area contributed by atoms with Crippen LogP contribution in [0, 0.1) is 3.57 Å². The zero-order valence-electron chi connectivity index (χ0n) is 10.1. The summed E-state index contributed by atoms with van der Waals surface area (Å²) in [5.41, 5.74) is 2.26. The van der Waals surface area contributed by atoms with E-state index >= 15 is 0 Å². The van der Waals surface area contributed by atoms with E-state index in [2.05, 4.69) is 34.5 Å². The van der Waals surface area contributed by atoms with Crippen molar-refractivity contribution in [2.45, 2.75) is 25.5 Å². The molecule has 18 heavy (non-hydrogen) atoms. The molecule has 0 amide bonds. The zero-order valence-corrected chi connectivity index (χ0v) is 12.3. The van der Waals surface area contributed by atoms with E-state index in [1.54, 1.807) is 0 Å². The van der Waals surface area contributed by atoms with Crippen molar-refractivity contribution < 1.29 is 9.53 Å². The number of hydrogen-bond acceptors (Lipinski definition) is 3. The topological polar surface area (TPSA) is 38.3 Å². The molecule has 0 saturated carbocycles. The second-order valence-corrected chi connectivity index (χ2v) is 5.58. The second-order valence-electron chi connectivity index (χ2n) is 4.33. The normalized spacial score (nSPS) is 19.3. The molecular formula is C14H16INO2. The Morgan fingerprint density at radius 2 is 2.33 bits per heavy atom. The molecule has 1 aromatic carbocycles. The lowest BCUT2D eigenvalue weighted by molar-refractivity contribution is -0.103. The van der Waals surface area contributed by atoms with E-state index in [4.69, 9.17) is 4.74 Å². The van der Waals surface area contributed by atoms with Crippen molar-refractivity contribution in [1.29, 1.82) is 0 Å². The largest absolute Gasteiger partial charge is 0.360 e. The lowest BCUT2D eigenvalue weighted by Crippen LogP contribution is -2.27. The van der Waals surface area contributed by atoms with Gasteiger partial charge in [0.2, 0.25) is 0 Å². The molecular weight excluding hydrogens is 341 g/mol. The van der Waals surface area contributed by atoms with Gasteiger partial charge in [-0.25, -0.2) is 0 Å². The lowest BCUT2D eigenvalue weighted by atomic mass is 10.1. The van der Waals surface area contributed by atoms with Crippen molar-refractivity contribution in [2.75, 3.05) is 11.9 Å². The smallest absolute Gasteiger partial charge is 0.150 e. The molecule has 1 heterocycles. The molecule has 0 bridgehead atoms. The summed E-state index contributed by atoms with van der Waals surface area (Å²) in [6, 6.07) is 5.94. The van der Waals surface area contributed by atoms with Crippen molar-refractivity contribution >= 4 is 40.1 Å². The van der Waals surface area contributed by atoms with Crippen LogP contribution in [0.3, 0.4) is 0 Å². The number of carbonyl (C=O) groups excluding carboxylic acids is 1. The number of nitrogens with one attached hydrogen (secondary N) is 1. The molecule has 0 radical (unpaired) electrons. The predicted molar refractivity (Wildman–Crippen MR) is 81.5 cm³/mol. The van der Waals surface area contributed by atoms with Crippen molar-refractivity contribution in [3.05, 3.63) is 33.9 Å². The van der Waals surface area contributed by atoms with E-state index in [0.29, 0.717) is 5.57 Å². The third kappa shape index (κ3) is 3.32. The van der Waals surface area contributed by atoms with Crippen molar-refractivity contribution in [1.82, 2.24) is 0 Å². The van der Waals surface area contributed by atoms with E-state index in [1.165, 1.54) is 6.42 Å². The quantitative estimate of drug-likeness (QED) is 0.510. The van der Waals surface area contributed by atoms with Crippen LogP contribution < -0.4 is 5.32 Å². The standard InChI is InChI=1S/C14H16INO2/c1-10(9-17)12-8-11(15)5-6-13(12)16-14-4-2-3-7-18-14/h5-6,8-9,14,16H,1-4,7H2. The van der Waals surface area contributed by atoms with E-state index in [1.807, 2.05) is 18.2 Å². The van der Waals surface area contributed by atoms with Gasteiger partial charge in [-0.1, -0.05) is 6.58 Å². The van der Waals surface area contributed by atoms with E-state index in [0.717, 1.165) is 40.6 Å². The first-order chi connectivity index (χ1) is 8.70. The van der Waals surface area contributed by atoms with Crippen LogP contribution in [0.15, 0.2) is 24.8 Å². The molecule has 0 aromatic heterocycles. The third-order valence-electron chi connectivity index (χ3n) is 2.97. The average molecular weight is 357 g/mol. The van der Waals surface area contributed by atoms with Gasteiger partial charge in [-0.15, -0.1) is 0 Å². The van der Waals surface area contributed by atoms with Gasteiger partial charge < -0.3 is 10.1 Å². The number of allylic oxidation sites excluding steroid dienone is 1. The molecule has 1 unspecified atom stereocenters. The highest BCUT2D eigenvalue weighted by molar-refractivity contribution is 14.1. The van der Waals surface area contributed by atoms with Crippen LogP contribution in [0.5, 0.6) is 0 Å². The number of hydrogen-bond donors (Lipinski definition) is 1. The summed E-state index contributed by atoms with van der Waals surface area (Å²) in [7, 11) is 0. The van der Waals surface area contributed by atoms with E-state index in [9.17, 15) is 4.79 Å². The van der Waals surface area contributed by atoms with Gasteiger partial charge in [0.25, 0.3) is 0 Å². The van der Waals surface area contributed by atoms with Crippen molar-refractivity contribution in [3.8, 4) is 0 Å². The molecule has 1 aliphatic rings. The summed E-state index contributed by atoms with van der Waals surface area (Å²) in [6.45, 7) is 4.58. The number of anilines is 1.